The third-order valence-electron chi connectivity index (χ3n) is 4.91. The highest BCUT2D eigenvalue weighted by Gasteiger charge is 2.09. The fourth-order valence-corrected chi connectivity index (χ4v) is 3.38. The zero-order valence-corrected chi connectivity index (χ0v) is 15.8. The maximum Gasteiger partial charge on any atom is 0.193 e. The third-order valence-corrected chi connectivity index (χ3v) is 4.91. The van der Waals surface area contributed by atoms with Gasteiger partial charge in [-0.05, 0) is 57.5 Å². The first-order chi connectivity index (χ1) is 11.7. The summed E-state index contributed by atoms with van der Waals surface area (Å²) in [6.07, 6.45) is 10.1. The minimum Gasteiger partial charge on any atom is -0.356 e. The largest absolute Gasteiger partial charge is 0.356 e. The minimum absolute atomic E-state index is 0.873. The number of aromatic nitrogens is 1. The maximum atomic E-state index is 4.40. The molecule has 24 heavy (non-hydrogen) atoms. The van der Waals surface area contributed by atoms with Crippen LogP contribution in [0.15, 0.2) is 23.3 Å². The van der Waals surface area contributed by atoms with Crippen molar-refractivity contribution in [1.29, 1.82) is 0 Å². The average Bonchev–Trinajstić information content (AvgIpc) is 3.00. The molecule has 2 rings (SSSR count). The van der Waals surface area contributed by atoms with Crippen LogP contribution in [0.3, 0.4) is 0 Å². The van der Waals surface area contributed by atoms with Gasteiger partial charge in [0.25, 0.3) is 0 Å². The second-order valence-corrected chi connectivity index (χ2v) is 6.90. The molecule has 1 aromatic heterocycles. The summed E-state index contributed by atoms with van der Waals surface area (Å²) >= 11 is 0. The molecule has 1 fully saturated rings. The lowest BCUT2D eigenvalue weighted by atomic mass is 10.1. The van der Waals surface area contributed by atoms with Crippen LogP contribution >= 0.6 is 0 Å². The number of aliphatic imine (C=N–C) groups is 1. The van der Waals surface area contributed by atoms with E-state index < -0.39 is 0 Å². The van der Waals surface area contributed by atoms with Crippen LogP contribution in [0, 0.1) is 0 Å². The Morgan fingerprint density at radius 2 is 2.00 bits per heavy atom. The molecule has 0 aliphatic carbocycles. The van der Waals surface area contributed by atoms with Crippen molar-refractivity contribution in [1.82, 2.24) is 19.7 Å². The molecule has 1 saturated heterocycles. The molecule has 0 atom stereocenters. The molecule has 0 unspecified atom stereocenters. The van der Waals surface area contributed by atoms with E-state index in [1.807, 2.05) is 7.05 Å². The fraction of sp³-hybridized carbons (Fsp3) is 0.737. The fourth-order valence-electron chi connectivity index (χ4n) is 3.38. The van der Waals surface area contributed by atoms with Crippen LogP contribution in [0.1, 0.15) is 44.2 Å². The number of nitrogens with zero attached hydrogens (tertiary/aromatic N) is 4. The van der Waals surface area contributed by atoms with Crippen LogP contribution < -0.4 is 5.32 Å². The summed E-state index contributed by atoms with van der Waals surface area (Å²) in [5.74, 6) is 0.979. The molecule has 5 nitrogen and oxygen atoms in total. The van der Waals surface area contributed by atoms with Gasteiger partial charge in [-0.2, -0.15) is 0 Å². The summed E-state index contributed by atoms with van der Waals surface area (Å²) in [7, 11) is 6.04. The van der Waals surface area contributed by atoms with Crippen LogP contribution in [-0.2, 0) is 13.6 Å². The Morgan fingerprint density at radius 1 is 1.21 bits per heavy atom. The van der Waals surface area contributed by atoms with Gasteiger partial charge in [-0.25, -0.2) is 0 Å². The van der Waals surface area contributed by atoms with Crippen molar-refractivity contribution in [3.05, 3.63) is 24.0 Å². The Balaban J connectivity index is 1.58. The molecule has 1 aromatic rings. The Hall–Kier alpha value is -1.49. The Bertz CT molecular complexity index is 488. The number of hydrogen-bond acceptors (Lipinski definition) is 2. The summed E-state index contributed by atoms with van der Waals surface area (Å²) < 4.78 is 2.16. The number of unbranched alkanes of at least 4 members (excludes halogenated alkanes) is 2. The van der Waals surface area contributed by atoms with Crippen LogP contribution in [0.5, 0.6) is 0 Å². The predicted molar refractivity (Wildman–Crippen MR) is 102 cm³/mol. The number of likely N-dealkylation sites (tertiary alicyclic amines) is 1. The normalized spacial score (nSPS) is 16.4. The second kappa shape index (κ2) is 10.4. The van der Waals surface area contributed by atoms with Crippen molar-refractivity contribution in [2.24, 2.45) is 12.0 Å². The van der Waals surface area contributed by atoms with Gasteiger partial charge in [0, 0.05) is 39.6 Å². The molecular formula is C19H35N5. The first-order valence-electron chi connectivity index (χ1n) is 9.45. The lowest BCUT2D eigenvalue weighted by Crippen LogP contribution is -2.39. The molecule has 2 heterocycles. The molecule has 0 radical (unpaired) electrons. The van der Waals surface area contributed by atoms with E-state index in [4.69, 9.17) is 0 Å². The van der Waals surface area contributed by atoms with E-state index >= 15 is 0 Å². The standard InChI is InChI=1S/C19H35N5/c1-20-19(23(3)17-18-11-10-13-22(18)2)21-12-6-4-7-14-24-15-8-5-9-16-24/h10-11,13H,4-9,12,14-17H2,1-3H3,(H,20,21). The predicted octanol–water partition coefficient (Wildman–Crippen LogP) is 2.69. The van der Waals surface area contributed by atoms with E-state index in [1.165, 1.54) is 63.9 Å². The topological polar surface area (TPSA) is 35.8 Å². The third kappa shape index (κ3) is 6.19. The van der Waals surface area contributed by atoms with Crippen molar-refractivity contribution in [2.75, 3.05) is 40.3 Å². The van der Waals surface area contributed by atoms with Crippen molar-refractivity contribution >= 4 is 5.96 Å². The van der Waals surface area contributed by atoms with Gasteiger partial charge in [-0.15, -0.1) is 0 Å². The van der Waals surface area contributed by atoms with Crippen molar-refractivity contribution < 1.29 is 0 Å². The van der Waals surface area contributed by atoms with E-state index in [1.54, 1.807) is 0 Å². The molecule has 1 N–H and O–H groups in total. The maximum absolute atomic E-state index is 4.40. The average molecular weight is 334 g/mol. The van der Waals surface area contributed by atoms with Crippen molar-refractivity contribution in [2.45, 2.75) is 45.1 Å². The zero-order valence-electron chi connectivity index (χ0n) is 15.8. The van der Waals surface area contributed by atoms with Crippen LogP contribution in [0.2, 0.25) is 0 Å². The van der Waals surface area contributed by atoms with Crippen LogP contribution in [0.4, 0.5) is 0 Å². The molecular weight excluding hydrogens is 298 g/mol. The molecule has 0 aromatic carbocycles. The van der Waals surface area contributed by atoms with E-state index in [0.29, 0.717) is 0 Å². The van der Waals surface area contributed by atoms with Gasteiger partial charge in [0.2, 0.25) is 0 Å². The Labute approximate surface area is 147 Å². The molecule has 1 aliphatic rings. The highest BCUT2D eigenvalue weighted by molar-refractivity contribution is 5.79. The number of hydrogen-bond donors (Lipinski definition) is 1. The highest BCUT2D eigenvalue weighted by Crippen LogP contribution is 2.10. The zero-order chi connectivity index (χ0) is 17.2. The van der Waals surface area contributed by atoms with Crippen LogP contribution in [0.25, 0.3) is 0 Å². The van der Waals surface area contributed by atoms with Gasteiger partial charge in [-0.3, -0.25) is 4.99 Å². The van der Waals surface area contributed by atoms with E-state index in [0.717, 1.165) is 19.0 Å². The number of guanidine groups is 1. The first kappa shape index (κ1) is 18.8. The lowest BCUT2D eigenvalue weighted by Gasteiger charge is -2.26. The van der Waals surface area contributed by atoms with Gasteiger partial charge in [0.1, 0.15) is 0 Å². The second-order valence-electron chi connectivity index (χ2n) is 6.90. The summed E-state index contributed by atoms with van der Waals surface area (Å²) in [6.45, 7) is 5.79. The van der Waals surface area contributed by atoms with Gasteiger partial charge >= 0.3 is 0 Å². The van der Waals surface area contributed by atoms with Crippen molar-refractivity contribution in [3.8, 4) is 0 Å². The van der Waals surface area contributed by atoms with Gasteiger partial charge in [-0.1, -0.05) is 12.8 Å². The number of rotatable bonds is 8. The van der Waals surface area contributed by atoms with Gasteiger partial charge in [0.05, 0.1) is 6.54 Å². The van der Waals surface area contributed by atoms with Gasteiger partial charge in [0.15, 0.2) is 5.96 Å². The van der Waals surface area contributed by atoms with Crippen molar-refractivity contribution in [3.63, 3.8) is 0 Å². The first-order valence-corrected chi connectivity index (χ1v) is 9.45. The molecule has 0 amide bonds. The van der Waals surface area contributed by atoms with E-state index in [9.17, 15) is 0 Å². The van der Waals surface area contributed by atoms with E-state index in [-0.39, 0.29) is 0 Å². The number of aryl methyl sites for hydroxylation is 1. The number of piperidine rings is 1. The highest BCUT2D eigenvalue weighted by atomic mass is 15.3. The Morgan fingerprint density at radius 3 is 2.67 bits per heavy atom. The number of nitrogens with one attached hydrogen (secondary N) is 1. The summed E-state index contributed by atoms with van der Waals surface area (Å²) in [4.78, 5) is 9.22. The molecule has 0 spiro atoms. The molecule has 0 bridgehead atoms. The quantitative estimate of drug-likeness (QED) is 0.451. The van der Waals surface area contributed by atoms with Gasteiger partial charge < -0.3 is 19.7 Å². The lowest BCUT2D eigenvalue weighted by molar-refractivity contribution is 0.224. The van der Waals surface area contributed by atoms with Crippen LogP contribution in [-0.4, -0.2) is 60.6 Å². The summed E-state index contributed by atoms with van der Waals surface area (Å²) in [6, 6.07) is 4.24. The molecule has 0 saturated carbocycles. The Kier molecular flexibility index (Phi) is 8.16. The summed E-state index contributed by atoms with van der Waals surface area (Å²) in [5.41, 5.74) is 1.29. The summed E-state index contributed by atoms with van der Waals surface area (Å²) in [5, 5.41) is 3.49. The molecule has 5 heteroatoms. The smallest absolute Gasteiger partial charge is 0.193 e. The van der Waals surface area contributed by atoms with E-state index in [2.05, 4.69) is 57.1 Å². The minimum atomic E-state index is 0.873. The molecule has 136 valence electrons. The molecule has 1 aliphatic heterocycles. The monoisotopic (exact) mass is 333 g/mol. The SMILES string of the molecule is CN=C(NCCCCCN1CCCCC1)N(C)Cc1cccn1C.